The van der Waals surface area contributed by atoms with Gasteiger partial charge in [0.1, 0.15) is 6.54 Å². The van der Waals surface area contributed by atoms with Crippen LogP contribution in [-0.4, -0.2) is 67.9 Å². The first kappa shape index (κ1) is 21.1. The smallest absolute Gasteiger partial charge is 0.310 e. The first-order valence-electron chi connectivity index (χ1n) is 8.74. The number of hydrogen-bond acceptors (Lipinski definition) is 6. The number of esters is 1. The van der Waals surface area contributed by atoms with E-state index in [9.17, 15) is 22.8 Å². The van der Waals surface area contributed by atoms with E-state index in [-0.39, 0.29) is 42.4 Å². The molecule has 1 fully saturated rings. The summed E-state index contributed by atoms with van der Waals surface area (Å²) in [4.78, 5) is 38.0. The van der Waals surface area contributed by atoms with Gasteiger partial charge < -0.3 is 14.2 Å². The van der Waals surface area contributed by atoms with E-state index in [0.717, 1.165) is 14.9 Å². The minimum atomic E-state index is -3.72. The van der Waals surface area contributed by atoms with E-state index in [4.69, 9.17) is 4.74 Å². The summed E-state index contributed by atoms with van der Waals surface area (Å²) in [5.41, 5.74) is -0.472. The highest BCUT2D eigenvalue weighted by molar-refractivity contribution is 7.89. The van der Waals surface area contributed by atoms with Crippen LogP contribution < -0.4 is 5.56 Å². The van der Waals surface area contributed by atoms with Gasteiger partial charge in [-0.1, -0.05) is 0 Å². The molecule has 2 heterocycles. The van der Waals surface area contributed by atoms with Gasteiger partial charge in [-0.15, -0.1) is 0 Å². The van der Waals surface area contributed by atoms with Gasteiger partial charge in [-0.3, -0.25) is 14.4 Å². The molecule has 0 N–H and O–H groups in total. The third kappa shape index (κ3) is 4.95. The van der Waals surface area contributed by atoms with E-state index in [1.54, 1.807) is 6.92 Å². The van der Waals surface area contributed by atoms with Crippen LogP contribution in [0.25, 0.3) is 0 Å². The number of carbonyl (C=O) groups excluding carboxylic acids is 2. The second-order valence-electron chi connectivity index (χ2n) is 6.55. The quantitative estimate of drug-likeness (QED) is 0.619. The van der Waals surface area contributed by atoms with Crippen LogP contribution in [0.3, 0.4) is 0 Å². The van der Waals surface area contributed by atoms with Gasteiger partial charge >= 0.3 is 5.97 Å². The molecule has 0 aromatic carbocycles. The molecule has 1 aliphatic heterocycles. The second-order valence-corrected chi connectivity index (χ2v) is 8.70. The molecule has 2 rings (SSSR count). The highest BCUT2D eigenvalue weighted by Crippen LogP contribution is 2.18. The summed E-state index contributed by atoms with van der Waals surface area (Å²) in [6.07, 6.45) is 2.49. The number of nitrogens with zero attached hydrogens (tertiary/aromatic N) is 3. The maximum Gasteiger partial charge on any atom is 0.310 e. The average Bonchev–Trinajstić information content (AvgIpc) is 2.63. The predicted molar refractivity (Wildman–Crippen MR) is 97.5 cm³/mol. The van der Waals surface area contributed by atoms with E-state index in [1.807, 2.05) is 0 Å². The molecule has 0 unspecified atom stereocenters. The Bertz CT molecular complexity index is 862. The van der Waals surface area contributed by atoms with Gasteiger partial charge in [0.2, 0.25) is 15.9 Å². The van der Waals surface area contributed by atoms with Crippen molar-refractivity contribution in [1.82, 2.24) is 13.8 Å². The first-order valence-corrected chi connectivity index (χ1v) is 10.2. The van der Waals surface area contributed by atoms with E-state index >= 15 is 0 Å². The lowest BCUT2D eigenvalue weighted by Gasteiger charge is -2.31. The summed E-state index contributed by atoms with van der Waals surface area (Å²) >= 11 is 0. The standard InChI is InChI=1S/C17H25N3O6S/c1-4-26-17(23)13-6-5-9-19(10-13)16(22)12-20-11-14(7-8-15(20)21)27(24,25)18(2)3/h7-8,11,13H,4-6,9-10,12H2,1-3H3/t13-/m0/s1. The summed E-state index contributed by atoms with van der Waals surface area (Å²) in [7, 11) is -0.939. The van der Waals surface area contributed by atoms with Crippen LogP contribution in [0.4, 0.5) is 0 Å². The van der Waals surface area contributed by atoms with Crippen molar-refractivity contribution < 1.29 is 22.7 Å². The topological polar surface area (TPSA) is 106 Å². The number of pyridine rings is 1. The molecule has 0 bridgehead atoms. The zero-order valence-electron chi connectivity index (χ0n) is 15.8. The summed E-state index contributed by atoms with van der Waals surface area (Å²) in [5.74, 6) is -1.04. The highest BCUT2D eigenvalue weighted by Gasteiger charge is 2.29. The number of likely N-dealkylation sites (tertiary alicyclic amines) is 1. The Balaban J connectivity index is 2.16. The maximum atomic E-state index is 12.6. The molecule has 1 aromatic heterocycles. The Morgan fingerprint density at radius 3 is 2.63 bits per heavy atom. The molecule has 0 saturated carbocycles. The van der Waals surface area contributed by atoms with Gasteiger partial charge in [0.15, 0.2) is 0 Å². The second kappa shape index (κ2) is 8.66. The Labute approximate surface area is 158 Å². The van der Waals surface area contributed by atoms with Crippen LogP contribution in [0, 0.1) is 5.92 Å². The number of ether oxygens (including phenoxy) is 1. The molecule has 0 spiro atoms. The fourth-order valence-electron chi connectivity index (χ4n) is 2.90. The van der Waals surface area contributed by atoms with Crippen LogP contribution in [0.1, 0.15) is 19.8 Å². The Morgan fingerprint density at radius 1 is 1.30 bits per heavy atom. The lowest BCUT2D eigenvalue weighted by atomic mass is 9.98. The SMILES string of the molecule is CCOC(=O)[C@H]1CCCN(C(=O)Cn2cc(S(=O)(=O)N(C)C)ccc2=O)C1. The number of amides is 1. The van der Waals surface area contributed by atoms with E-state index in [2.05, 4.69) is 0 Å². The zero-order chi connectivity index (χ0) is 20.2. The lowest BCUT2D eigenvalue weighted by molar-refractivity contribution is -0.151. The van der Waals surface area contributed by atoms with Crippen molar-refractivity contribution in [3.63, 3.8) is 0 Å². The van der Waals surface area contributed by atoms with Gasteiger partial charge in [-0.05, 0) is 25.8 Å². The average molecular weight is 399 g/mol. The molecular weight excluding hydrogens is 374 g/mol. The number of sulfonamides is 1. The zero-order valence-corrected chi connectivity index (χ0v) is 16.6. The molecule has 1 saturated heterocycles. The fraction of sp³-hybridized carbons (Fsp3) is 0.588. The molecule has 9 nitrogen and oxygen atoms in total. The van der Waals surface area contributed by atoms with Crippen molar-refractivity contribution in [2.45, 2.75) is 31.2 Å². The summed E-state index contributed by atoms with van der Waals surface area (Å²) in [6.45, 7) is 2.45. The first-order chi connectivity index (χ1) is 12.7. The molecule has 0 aliphatic carbocycles. The van der Waals surface area contributed by atoms with Crippen molar-refractivity contribution in [2.75, 3.05) is 33.8 Å². The van der Waals surface area contributed by atoms with Crippen molar-refractivity contribution in [3.05, 3.63) is 28.7 Å². The molecule has 0 radical (unpaired) electrons. The van der Waals surface area contributed by atoms with Crippen LogP contribution in [0.5, 0.6) is 0 Å². The monoisotopic (exact) mass is 399 g/mol. The summed E-state index contributed by atoms with van der Waals surface area (Å²) in [5, 5.41) is 0. The molecule has 1 aromatic rings. The Hall–Kier alpha value is -2.20. The van der Waals surface area contributed by atoms with Crippen molar-refractivity contribution in [3.8, 4) is 0 Å². The molecule has 1 aliphatic rings. The maximum absolute atomic E-state index is 12.6. The van der Waals surface area contributed by atoms with Crippen LogP contribution in [0.2, 0.25) is 0 Å². The van der Waals surface area contributed by atoms with Gasteiger partial charge in [-0.2, -0.15) is 0 Å². The Kier molecular flexibility index (Phi) is 6.77. The molecule has 1 atom stereocenters. The number of piperidine rings is 1. The van der Waals surface area contributed by atoms with Crippen LogP contribution >= 0.6 is 0 Å². The lowest BCUT2D eigenvalue weighted by Crippen LogP contribution is -2.45. The number of aromatic nitrogens is 1. The molecule has 1 amide bonds. The van der Waals surface area contributed by atoms with Crippen molar-refractivity contribution in [2.24, 2.45) is 5.92 Å². The highest BCUT2D eigenvalue weighted by atomic mass is 32.2. The van der Waals surface area contributed by atoms with E-state index < -0.39 is 15.6 Å². The van der Waals surface area contributed by atoms with Gasteiger partial charge in [0.05, 0.1) is 17.4 Å². The minimum absolute atomic E-state index is 0.0667. The molecular formula is C17H25N3O6S. The normalized spacial score (nSPS) is 17.8. The fourth-order valence-corrected chi connectivity index (χ4v) is 3.82. The Morgan fingerprint density at radius 2 is 2.00 bits per heavy atom. The van der Waals surface area contributed by atoms with Gasteiger partial charge in [0.25, 0.3) is 5.56 Å². The third-order valence-electron chi connectivity index (χ3n) is 4.43. The number of hydrogen-bond donors (Lipinski definition) is 0. The van der Waals surface area contributed by atoms with E-state index in [1.165, 1.54) is 31.3 Å². The van der Waals surface area contributed by atoms with Crippen molar-refractivity contribution in [1.29, 1.82) is 0 Å². The molecule has 150 valence electrons. The van der Waals surface area contributed by atoms with E-state index in [0.29, 0.717) is 19.4 Å². The molecule has 27 heavy (non-hydrogen) atoms. The largest absolute Gasteiger partial charge is 0.466 e. The van der Waals surface area contributed by atoms with Crippen LogP contribution in [0.15, 0.2) is 28.0 Å². The number of carbonyl (C=O) groups is 2. The molecule has 10 heteroatoms. The van der Waals surface area contributed by atoms with Crippen molar-refractivity contribution >= 4 is 21.9 Å². The minimum Gasteiger partial charge on any atom is -0.466 e. The summed E-state index contributed by atoms with van der Waals surface area (Å²) in [6, 6.07) is 2.34. The predicted octanol–water partition coefficient (Wildman–Crippen LogP) is -0.0997. The van der Waals surface area contributed by atoms with Crippen LogP contribution in [-0.2, 0) is 30.9 Å². The van der Waals surface area contributed by atoms with Gasteiger partial charge in [-0.25, -0.2) is 12.7 Å². The summed E-state index contributed by atoms with van der Waals surface area (Å²) < 4.78 is 31.6. The van der Waals surface area contributed by atoms with Gasteiger partial charge in [0, 0.05) is 39.4 Å². The number of rotatable bonds is 6. The third-order valence-corrected chi connectivity index (χ3v) is 6.23.